The molecule has 4 heteroatoms. The minimum atomic E-state index is 0.156. The van der Waals surface area contributed by atoms with E-state index in [-0.39, 0.29) is 5.41 Å². The maximum atomic E-state index is 10.6. The number of nitrogens with zero attached hydrogens (tertiary/aromatic N) is 4. The lowest BCUT2D eigenvalue weighted by atomic mass is 9.57. The topological polar surface area (TPSA) is 62.5 Å². The standard InChI is InChI=1S/C45H40N4/c1-30-22-31-24-32(23-30)28-45(2,27-31)38-19-21-40(41(26-38)33-12-6-3-7-13-33)39-20-18-36(25-37(39)29-46)44-48-42(34-14-8-4-9-15-34)47-43(49-44)35-16-10-5-11-17-35/h3-21,25-26,30-32H,22-24,27-28H2,1-2H3/t30-,31+,32?,45?/m0/s1. The highest BCUT2D eigenvalue weighted by molar-refractivity contribution is 5.87. The number of nitriles is 1. The van der Waals surface area contributed by atoms with Crippen LogP contribution in [0.2, 0.25) is 0 Å². The van der Waals surface area contributed by atoms with E-state index < -0.39 is 0 Å². The predicted molar refractivity (Wildman–Crippen MR) is 198 cm³/mol. The second-order valence-electron chi connectivity index (χ2n) is 14.6. The minimum absolute atomic E-state index is 0.156. The molecule has 2 aliphatic rings. The van der Waals surface area contributed by atoms with Gasteiger partial charge in [0.15, 0.2) is 17.5 Å². The van der Waals surface area contributed by atoms with Crippen LogP contribution in [-0.4, -0.2) is 15.0 Å². The molecule has 4 nitrogen and oxygen atoms in total. The first-order valence-corrected chi connectivity index (χ1v) is 17.6. The zero-order valence-corrected chi connectivity index (χ0v) is 28.2. The van der Waals surface area contributed by atoms with Crippen molar-refractivity contribution in [2.24, 2.45) is 17.8 Å². The van der Waals surface area contributed by atoms with Crippen molar-refractivity contribution in [2.75, 3.05) is 0 Å². The number of benzene rings is 5. The molecule has 2 unspecified atom stereocenters. The van der Waals surface area contributed by atoms with E-state index in [2.05, 4.69) is 74.5 Å². The monoisotopic (exact) mass is 636 g/mol. The van der Waals surface area contributed by atoms with Crippen LogP contribution in [0.1, 0.15) is 57.1 Å². The number of fused-ring (bicyclic) bond motifs is 2. The van der Waals surface area contributed by atoms with Crippen LogP contribution >= 0.6 is 0 Å². The van der Waals surface area contributed by atoms with Gasteiger partial charge in [0.05, 0.1) is 11.6 Å². The third-order valence-corrected chi connectivity index (χ3v) is 10.8. The molecule has 0 amide bonds. The van der Waals surface area contributed by atoms with Crippen LogP contribution in [0.15, 0.2) is 127 Å². The largest absolute Gasteiger partial charge is 0.208 e. The normalized spacial score (nSPS) is 21.5. The maximum Gasteiger partial charge on any atom is 0.164 e. The van der Waals surface area contributed by atoms with Crippen molar-refractivity contribution in [3.8, 4) is 62.5 Å². The first-order valence-electron chi connectivity index (χ1n) is 17.6. The zero-order chi connectivity index (χ0) is 33.4. The Balaban J connectivity index is 1.22. The average Bonchev–Trinajstić information content (AvgIpc) is 3.14. The highest BCUT2D eigenvalue weighted by Gasteiger charge is 2.42. The van der Waals surface area contributed by atoms with E-state index in [1.165, 1.54) is 43.2 Å². The molecule has 0 N–H and O–H groups in total. The highest BCUT2D eigenvalue weighted by atomic mass is 15.0. The molecule has 0 radical (unpaired) electrons. The summed E-state index contributed by atoms with van der Waals surface area (Å²) in [5.41, 5.74) is 9.10. The van der Waals surface area contributed by atoms with Crippen molar-refractivity contribution in [1.82, 2.24) is 15.0 Å². The maximum absolute atomic E-state index is 10.6. The van der Waals surface area contributed by atoms with Crippen LogP contribution in [0, 0.1) is 29.1 Å². The minimum Gasteiger partial charge on any atom is -0.208 e. The van der Waals surface area contributed by atoms with Gasteiger partial charge in [-0.1, -0.05) is 129 Å². The average molecular weight is 637 g/mol. The van der Waals surface area contributed by atoms with Gasteiger partial charge < -0.3 is 0 Å². The molecule has 2 fully saturated rings. The summed E-state index contributed by atoms with van der Waals surface area (Å²) in [5, 5.41) is 10.6. The summed E-state index contributed by atoms with van der Waals surface area (Å²) in [6.45, 7) is 4.93. The van der Waals surface area contributed by atoms with Gasteiger partial charge in [-0.3, -0.25) is 0 Å². The molecule has 8 rings (SSSR count). The fourth-order valence-corrected chi connectivity index (χ4v) is 8.78. The van der Waals surface area contributed by atoms with Gasteiger partial charge in [0, 0.05) is 22.3 Å². The van der Waals surface area contributed by atoms with E-state index in [0.29, 0.717) is 23.0 Å². The van der Waals surface area contributed by atoms with Crippen LogP contribution in [-0.2, 0) is 5.41 Å². The van der Waals surface area contributed by atoms with Gasteiger partial charge in [0.25, 0.3) is 0 Å². The van der Waals surface area contributed by atoms with Crippen LogP contribution in [0.5, 0.6) is 0 Å². The van der Waals surface area contributed by atoms with E-state index >= 15 is 0 Å². The van der Waals surface area contributed by atoms with Crippen molar-refractivity contribution in [3.63, 3.8) is 0 Å². The van der Waals surface area contributed by atoms with Gasteiger partial charge in [-0.2, -0.15) is 5.26 Å². The van der Waals surface area contributed by atoms with Gasteiger partial charge in [0.2, 0.25) is 0 Å². The molecule has 49 heavy (non-hydrogen) atoms. The molecule has 0 aliphatic heterocycles. The lowest BCUT2D eigenvalue weighted by Crippen LogP contribution is -2.38. The molecule has 6 aromatic rings. The molecule has 240 valence electrons. The van der Waals surface area contributed by atoms with Gasteiger partial charge >= 0.3 is 0 Å². The van der Waals surface area contributed by atoms with Crippen LogP contribution in [0.25, 0.3) is 56.4 Å². The fraction of sp³-hybridized carbons (Fsp3) is 0.244. The molecule has 2 aliphatic carbocycles. The van der Waals surface area contributed by atoms with Gasteiger partial charge in [-0.05, 0) is 89.7 Å². The number of hydrogen-bond acceptors (Lipinski definition) is 4. The van der Waals surface area contributed by atoms with E-state index in [9.17, 15) is 5.26 Å². The van der Waals surface area contributed by atoms with Crippen molar-refractivity contribution in [1.29, 1.82) is 5.26 Å². The Morgan fingerprint density at radius 3 is 1.61 bits per heavy atom. The quantitative estimate of drug-likeness (QED) is 0.182. The molecule has 0 saturated heterocycles. The summed E-state index contributed by atoms with van der Waals surface area (Å²) in [6, 6.07) is 46.2. The van der Waals surface area contributed by atoms with Crippen molar-refractivity contribution in [2.45, 2.75) is 51.4 Å². The molecule has 2 saturated carbocycles. The Labute approximate surface area is 289 Å². The summed E-state index contributed by atoms with van der Waals surface area (Å²) < 4.78 is 0. The number of rotatable bonds is 6. The smallest absolute Gasteiger partial charge is 0.164 e. The van der Waals surface area contributed by atoms with Crippen LogP contribution in [0.3, 0.4) is 0 Å². The van der Waals surface area contributed by atoms with Crippen molar-refractivity contribution < 1.29 is 0 Å². The van der Waals surface area contributed by atoms with Crippen LogP contribution in [0.4, 0.5) is 0 Å². The van der Waals surface area contributed by atoms with E-state index in [0.717, 1.165) is 51.1 Å². The SMILES string of the molecule is C[C@@H]1CC2C[C@@H](C1)CC(C)(c1ccc(-c3ccc(-c4nc(-c5ccccc5)nc(-c5ccccc5)n4)cc3C#N)c(-c3ccccc3)c1)C2. The highest BCUT2D eigenvalue weighted by Crippen LogP contribution is 2.52. The Morgan fingerprint density at radius 2 is 1.06 bits per heavy atom. The lowest BCUT2D eigenvalue weighted by molar-refractivity contribution is 0.0899. The fourth-order valence-electron chi connectivity index (χ4n) is 8.78. The summed E-state index contributed by atoms with van der Waals surface area (Å²) in [5.74, 6) is 4.21. The van der Waals surface area contributed by atoms with E-state index in [1.807, 2.05) is 72.8 Å². The Morgan fingerprint density at radius 1 is 0.551 bits per heavy atom. The molecule has 1 heterocycles. The first kappa shape index (κ1) is 30.9. The number of aromatic nitrogens is 3. The molecule has 0 spiro atoms. The van der Waals surface area contributed by atoms with Gasteiger partial charge in [-0.25, -0.2) is 15.0 Å². The predicted octanol–water partition coefficient (Wildman–Crippen LogP) is 11.2. The molecular weight excluding hydrogens is 597 g/mol. The van der Waals surface area contributed by atoms with E-state index in [4.69, 9.17) is 15.0 Å². The molecule has 1 aromatic heterocycles. The molecule has 5 aromatic carbocycles. The molecule has 4 atom stereocenters. The number of hydrogen-bond donors (Lipinski definition) is 0. The summed E-state index contributed by atoms with van der Waals surface area (Å²) in [6.07, 6.45) is 6.61. The Bertz CT molecular complexity index is 2080. The molecular formula is C45H40N4. The summed E-state index contributed by atoms with van der Waals surface area (Å²) in [7, 11) is 0. The van der Waals surface area contributed by atoms with Crippen LogP contribution < -0.4 is 0 Å². The first-order chi connectivity index (χ1) is 24.0. The van der Waals surface area contributed by atoms with Gasteiger partial charge in [0.1, 0.15) is 0 Å². The van der Waals surface area contributed by atoms with Gasteiger partial charge in [-0.15, -0.1) is 0 Å². The third-order valence-electron chi connectivity index (χ3n) is 10.8. The lowest BCUT2D eigenvalue weighted by Gasteiger charge is -2.47. The summed E-state index contributed by atoms with van der Waals surface area (Å²) in [4.78, 5) is 14.7. The second kappa shape index (κ2) is 12.9. The second-order valence-corrected chi connectivity index (χ2v) is 14.6. The van der Waals surface area contributed by atoms with Crippen molar-refractivity contribution >= 4 is 0 Å². The zero-order valence-electron chi connectivity index (χ0n) is 28.2. The molecule has 2 bridgehead atoms. The van der Waals surface area contributed by atoms with Crippen molar-refractivity contribution in [3.05, 3.63) is 139 Å². The van der Waals surface area contributed by atoms with E-state index in [1.54, 1.807) is 0 Å². The Hall–Kier alpha value is -5.40. The Kier molecular flexibility index (Phi) is 8.14. The summed E-state index contributed by atoms with van der Waals surface area (Å²) >= 11 is 0. The third kappa shape index (κ3) is 6.18.